The molecular weight excluding hydrogens is 226 g/mol. The third-order valence-electron chi connectivity index (χ3n) is 4.06. The van der Waals surface area contributed by atoms with Crippen LogP contribution in [0.3, 0.4) is 0 Å². The van der Waals surface area contributed by atoms with Crippen molar-refractivity contribution in [2.45, 2.75) is 39.0 Å². The average Bonchev–Trinajstić information content (AvgIpc) is 2.69. The minimum absolute atomic E-state index is 0.533. The smallest absolute Gasteiger partial charge is 0.132 e. The van der Waals surface area contributed by atoms with Gasteiger partial charge in [0, 0.05) is 38.0 Å². The molecule has 0 radical (unpaired) electrons. The second-order valence-corrected chi connectivity index (χ2v) is 5.42. The Morgan fingerprint density at radius 1 is 1.50 bits per heavy atom. The summed E-state index contributed by atoms with van der Waals surface area (Å²) in [6, 6.07) is 3.39. The quantitative estimate of drug-likeness (QED) is 0.854. The van der Waals surface area contributed by atoms with E-state index < -0.39 is 0 Å². The topological polar surface area (TPSA) is 37.4 Å². The van der Waals surface area contributed by atoms with Crippen molar-refractivity contribution in [3.63, 3.8) is 0 Å². The molecule has 18 heavy (non-hydrogen) atoms. The van der Waals surface area contributed by atoms with Crippen LogP contribution >= 0.6 is 0 Å². The Hall–Kier alpha value is -1.13. The van der Waals surface area contributed by atoms with Gasteiger partial charge in [-0.1, -0.05) is 0 Å². The van der Waals surface area contributed by atoms with Gasteiger partial charge in [-0.05, 0) is 37.5 Å². The van der Waals surface area contributed by atoms with Crippen LogP contribution in [0.1, 0.15) is 23.7 Å². The lowest BCUT2D eigenvalue weighted by Crippen LogP contribution is -2.55. The summed E-state index contributed by atoms with van der Waals surface area (Å²) in [5.74, 6) is 1.20. The van der Waals surface area contributed by atoms with Crippen molar-refractivity contribution in [3.05, 3.63) is 22.9 Å². The molecule has 1 saturated heterocycles. The number of pyridine rings is 1. The molecule has 1 N–H and O–H groups in total. The fraction of sp³-hybridized carbons (Fsp3) is 0.643. The summed E-state index contributed by atoms with van der Waals surface area (Å²) >= 11 is 0. The Kier molecular flexibility index (Phi) is 2.99. The second kappa shape index (κ2) is 4.52. The van der Waals surface area contributed by atoms with E-state index in [1.54, 1.807) is 7.11 Å². The highest BCUT2D eigenvalue weighted by Gasteiger charge is 2.36. The third-order valence-corrected chi connectivity index (χ3v) is 4.06. The van der Waals surface area contributed by atoms with Crippen molar-refractivity contribution in [1.82, 2.24) is 10.3 Å². The Morgan fingerprint density at radius 3 is 3.11 bits per heavy atom. The first-order valence-electron chi connectivity index (χ1n) is 6.68. The van der Waals surface area contributed by atoms with E-state index in [-0.39, 0.29) is 0 Å². The fourth-order valence-electron chi connectivity index (χ4n) is 3.18. The van der Waals surface area contributed by atoms with Gasteiger partial charge in [0.2, 0.25) is 0 Å². The number of hydrogen-bond acceptors (Lipinski definition) is 4. The number of aromatic nitrogens is 1. The summed E-state index contributed by atoms with van der Waals surface area (Å²) in [7, 11) is 1.74. The molecule has 98 valence electrons. The molecule has 0 saturated carbocycles. The standard InChI is InChI=1S/C14H21N3O/c1-9-6-15-7-13-5-11-4-12(8-18-3)10(2)16-14(11)17(9)13/h4,9,13,15H,5-8H2,1-3H3/t9-,13-/m1/s1. The summed E-state index contributed by atoms with van der Waals surface area (Å²) in [5, 5.41) is 3.50. The van der Waals surface area contributed by atoms with Crippen molar-refractivity contribution in [2.24, 2.45) is 0 Å². The van der Waals surface area contributed by atoms with Gasteiger partial charge in [-0.3, -0.25) is 0 Å². The Morgan fingerprint density at radius 2 is 2.33 bits per heavy atom. The number of rotatable bonds is 2. The largest absolute Gasteiger partial charge is 0.380 e. The maximum absolute atomic E-state index is 5.24. The lowest BCUT2D eigenvalue weighted by Gasteiger charge is -2.37. The van der Waals surface area contributed by atoms with Crippen LogP contribution in [0.4, 0.5) is 5.82 Å². The molecule has 0 aromatic carbocycles. The lowest BCUT2D eigenvalue weighted by atomic mass is 10.1. The maximum Gasteiger partial charge on any atom is 0.132 e. The number of fused-ring (bicyclic) bond motifs is 3. The van der Waals surface area contributed by atoms with Gasteiger partial charge in [-0.25, -0.2) is 4.98 Å². The van der Waals surface area contributed by atoms with Gasteiger partial charge in [-0.15, -0.1) is 0 Å². The molecule has 4 nitrogen and oxygen atoms in total. The van der Waals surface area contributed by atoms with Crippen LogP contribution in [0, 0.1) is 6.92 Å². The van der Waals surface area contributed by atoms with E-state index in [2.05, 4.69) is 30.1 Å². The molecule has 3 rings (SSSR count). The monoisotopic (exact) mass is 247 g/mol. The highest BCUT2D eigenvalue weighted by atomic mass is 16.5. The van der Waals surface area contributed by atoms with Crippen LogP contribution in [0.25, 0.3) is 0 Å². The summed E-state index contributed by atoms with van der Waals surface area (Å²) in [6.45, 7) is 7.13. The molecule has 4 heteroatoms. The van der Waals surface area contributed by atoms with Crippen molar-refractivity contribution >= 4 is 5.82 Å². The van der Waals surface area contributed by atoms with Gasteiger partial charge in [0.1, 0.15) is 5.82 Å². The molecule has 2 aliphatic rings. The number of aryl methyl sites for hydroxylation is 1. The number of ether oxygens (including phenoxy) is 1. The summed E-state index contributed by atoms with van der Waals surface area (Å²) in [4.78, 5) is 7.32. The third kappa shape index (κ3) is 1.80. The highest BCUT2D eigenvalue weighted by molar-refractivity contribution is 5.57. The van der Waals surface area contributed by atoms with Crippen LogP contribution in [0.15, 0.2) is 6.07 Å². The zero-order chi connectivity index (χ0) is 12.7. The Labute approximate surface area is 108 Å². The fourth-order valence-corrected chi connectivity index (χ4v) is 3.18. The lowest BCUT2D eigenvalue weighted by molar-refractivity contribution is 0.184. The van der Waals surface area contributed by atoms with E-state index in [0.29, 0.717) is 18.7 Å². The minimum Gasteiger partial charge on any atom is -0.380 e. The minimum atomic E-state index is 0.533. The van der Waals surface area contributed by atoms with Crippen LogP contribution in [-0.4, -0.2) is 37.3 Å². The first-order valence-corrected chi connectivity index (χ1v) is 6.68. The van der Waals surface area contributed by atoms with Gasteiger partial charge < -0.3 is 15.0 Å². The number of piperazine rings is 1. The van der Waals surface area contributed by atoms with Crippen molar-refractivity contribution in [3.8, 4) is 0 Å². The average molecular weight is 247 g/mol. The number of nitrogens with one attached hydrogen (secondary N) is 1. The zero-order valence-corrected chi connectivity index (χ0v) is 11.4. The van der Waals surface area contributed by atoms with Crippen LogP contribution in [0.5, 0.6) is 0 Å². The molecule has 0 spiro atoms. The normalized spacial score (nSPS) is 26.1. The van der Waals surface area contributed by atoms with Crippen molar-refractivity contribution in [2.75, 3.05) is 25.1 Å². The molecule has 1 aromatic heterocycles. The molecule has 2 aliphatic heterocycles. The molecule has 2 atom stereocenters. The molecule has 1 aromatic rings. The molecule has 3 heterocycles. The second-order valence-electron chi connectivity index (χ2n) is 5.42. The van der Waals surface area contributed by atoms with Crippen LogP contribution in [-0.2, 0) is 17.8 Å². The molecule has 0 amide bonds. The summed E-state index contributed by atoms with van der Waals surface area (Å²) in [6.07, 6.45) is 1.11. The van der Waals surface area contributed by atoms with Gasteiger partial charge >= 0.3 is 0 Å². The van der Waals surface area contributed by atoms with E-state index in [9.17, 15) is 0 Å². The Bertz CT molecular complexity index is 461. The predicted molar refractivity (Wildman–Crippen MR) is 72.0 cm³/mol. The van der Waals surface area contributed by atoms with Gasteiger partial charge in [0.25, 0.3) is 0 Å². The van der Waals surface area contributed by atoms with Crippen molar-refractivity contribution in [1.29, 1.82) is 0 Å². The first-order chi connectivity index (χ1) is 8.70. The Balaban J connectivity index is 1.99. The number of anilines is 1. The van der Waals surface area contributed by atoms with Gasteiger partial charge in [-0.2, -0.15) is 0 Å². The van der Waals surface area contributed by atoms with E-state index in [0.717, 1.165) is 25.2 Å². The summed E-state index contributed by atoms with van der Waals surface area (Å²) < 4.78 is 5.24. The van der Waals surface area contributed by atoms with Gasteiger partial charge in [0.15, 0.2) is 0 Å². The molecular formula is C14H21N3O. The van der Waals surface area contributed by atoms with E-state index in [1.807, 2.05) is 0 Å². The number of methoxy groups -OCH3 is 1. The van der Waals surface area contributed by atoms with E-state index >= 15 is 0 Å². The number of hydrogen-bond donors (Lipinski definition) is 1. The van der Waals surface area contributed by atoms with Crippen LogP contribution < -0.4 is 10.2 Å². The van der Waals surface area contributed by atoms with Crippen molar-refractivity contribution < 1.29 is 4.74 Å². The molecule has 0 bridgehead atoms. The zero-order valence-electron chi connectivity index (χ0n) is 11.4. The van der Waals surface area contributed by atoms with Crippen LogP contribution in [0.2, 0.25) is 0 Å². The highest BCUT2D eigenvalue weighted by Crippen LogP contribution is 2.34. The first kappa shape index (κ1) is 11.9. The van der Waals surface area contributed by atoms with E-state index in [1.165, 1.54) is 16.9 Å². The molecule has 0 aliphatic carbocycles. The SMILES string of the molecule is COCc1cc2c(nc1C)N1[C@@H](CNC[C@H]1C)C2. The number of nitrogens with zero attached hydrogens (tertiary/aromatic N) is 2. The molecule has 0 unspecified atom stereocenters. The predicted octanol–water partition coefficient (Wildman–Crippen LogP) is 1.26. The summed E-state index contributed by atoms with van der Waals surface area (Å²) in [5.41, 5.74) is 3.70. The molecule has 1 fully saturated rings. The maximum atomic E-state index is 5.24. The van der Waals surface area contributed by atoms with E-state index in [4.69, 9.17) is 9.72 Å². The van der Waals surface area contributed by atoms with Gasteiger partial charge in [0.05, 0.1) is 6.61 Å².